The molecule has 1 N–H and O–H groups in total. The van der Waals surface area contributed by atoms with Crippen LogP contribution in [0.2, 0.25) is 0 Å². The molecule has 3 rings (SSSR count). The fraction of sp³-hybridized carbons (Fsp3) is 0.455. The first-order valence-electron chi connectivity index (χ1n) is 9.38. The molecule has 2 aromatic rings. The molecule has 4 heteroatoms. The summed E-state index contributed by atoms with van der Waals surface area (Å²) in [5.74, 6) is 1.79. The van der Waals surface area contributed by atoms with Crippen molar-refractivity contribution in [1.29, 1.82) is 0 Å². The number of hydrogen-bond donors (Lipinski definition) is 1. The van der Waals surface area contributed by atoms with E-state index in [1.165, 1.54) is 11.1 Å². The van der Waals surface area contributed by atoms with Crippen molar-refractivity contribution < 1.29 is 14.2 Å². The molecular formula is C22H29NO3. The number of benzene rings is 2. The molecule has 1 saturated heterocycles. The van der Waals surface area contributed by atoms with E-state index in [-0.39, 0.29) is 11.5 Å². The number of ether oxygens (including phenoxy) is 3. The summed E-state index contributed by atoms with van der Waals surface area (Å²) in [7, 11) is 0. The summed E-state index contributed by atoms with van der Waals surface area (Å²) >= 11 is 0. The van der Waals surface area contributed by atoms with E-state index in [2.05, 4.69) is 43.4 Å². The van der Waals surface area contributed by atoms with E-state index in [0.717, 1.165) is 31.2 Å². The number of morpholine rings is 1. The first-order valence-corrected chi connectivity index (χ1v) is 9.38. The van der Waals surface area contributed by atoms with E-state index in [1.807, 2.05) is 31.2 Å². The van der Waals surface area contributed by atoms with E-state index < -0.39 is 0 Å². The predicted octanol–water partition coefficient (Wildman–Crippen LogP) is 3.78. The van der Waals surface area contributed by atoms with Gasteiger partial charge in [0.2, 0.25) is 0 Å². The summed E-state index contributed by atoms with van der Waals surface area (Å²) in [6.45, 7) is 10.3. The highest BCUT2D eigenvalue weighted by Gasteiger charge is 2.23. The second kappa shape index (κ2) is 8.56. The maximum atomic E-state index is 5.88. The van der Waals surface area contributed by atoms with Crippen molar-refractivity contribution >= 4 is 0 Å². The Morgan fingerprint density at radius 2 is 1.54 bits per heavy atom. The van der Waals surface area contributed by atoms with Crippen molar-refractivity contribution in [2.24, 2.45) is 0 Å². The van der Waals surface area contributed by atoms with E-state index in [4.69, 9.17) is 14.2 Å². The summed E-state index contributed by atoms with van der Waals surface area (Å²) in [5.41, 5.74) is 2.43. The first-order chi connectivity index (χ1) is 12.6. The van der Waals surface area contributed by atoms with Crippen LogP contribution in [0, 0.1) is 0 Å². The molecule has 0 unspecified atom stereocenters. The van der Waals surface area contributed by atoms with Crippen LogP contribution in [-0.4, -0.2) is 39.0 Å². The van der Waals surface area contributed by atoms with Gasteiger partial charge in [0, 0.05) is 18.5 Å². The molecule has 0 saturated carbocycles. The third-order valence-electron chi connectivity index (χ3n) is 4.90. The predicted molar refractivity (Wildman–Crippen MR) is 104 cm³/mol. The molecule has 1 atom stereocenters. The Morgan fingerprint density at radius 3 is 2.04 bits per heavy atom. The Kier molecular flexibility index (Phi) is 6.17. The van der Waals surface area contributed by atoms with Gasteiger partial charge in [-0.1, -0.05) is 38.1 Å². The van der Waals surface area contributed by atoms with E-state index >= 15 is 0 Å². The van der Waals surface area contributed by atoms with Crippen molar-refractivity contribution in [2.45, 2.75) is 32.3 Å². The van der Waals surface area contributed by atoms with Gasteiger partial charge in [-0.3, -0.25) is 0 Å². The standard InChI is InChI=1S/C22H29NO3/c1-4-24-19-9-5-17(6-10-19)22(2,3)18-7-11-20(12-8-18)26-16-21-15-23-13-14-25-21/h5-12,21,23H,4,13-16H2,1-3H3/t21-/m0/s1. The van der Waals surface area contributed by atoms with Gasteiger partial charge in [0.15, 0.2) is 0 Å². The van der Waals surface area contributed by atoms with E-state index in [1.54, 1.807) is 0 Å². The average Bonchev–Trinajstić information content (AvgIpc) is 2.68. The zero-order valence-electron chi connectivity index (χ0n) is 16.0. The molecule has 0 aliphatic carbocycles. The second-order valence-electron chi connectivity index (χ2n) is 7.11. The maximum absolute atomic E-state index is 5.88. The molecule has 1 heterocycles. The van der Waals surface area contributed by atoms with Crippen molar-refractivity contribution in [3.8, 4) is 11.5 Å². The molecule has 140 valence electrons. The van der Waals surface area contributed by atoms with Gasteiger partial charge in [-0.2, -0.15) is 0 Å². The van der Waals surface area contributed by atoms with Crippen molar-refractivity contribution in [2.75, 3.05) is 32.9 Å². The average molecular weight is 355 g/mol. The Balaban J connectivity index is 1.64. The Bertz CT molecular complexity index is 674. The zero-order chi connectivity index (χ0) is 18.4. The normalized spacial score (nSPS) is 17.7. The smallest absolute Gasteiger partial charge is 0.119 e. The van der Waals surface area contributed by atoms with Gasteiger partial charge >= 0.3 is 0 Å². The summed E-state index contributed by atoms with van der Waals surface area (Å²) < 4.78 is 17.1. The minimum absolute atomic E-state index is 0.0837. The van der Waals surface area contributed by atoms with Gasteiger partial charge in [-0.25, -0.2) is 0 Å². The van der Waals surface area contributed by atoms with Crippen LogP contribution < -0.4 is 14.8 Å². The molecule has 4 nitrogen and oxygen atoms in total. The van der Waals surface area contributed by atoms with Crippen molar-refractivity contribution in [3.05, 3.63) is 59.7 Å². The van der Waals surface area contributed by atoms with Gasteiger partial charge in [0.25, 0.3) is 0 Å². The highest BCUT2D eigenvalue weighted by Crippen LogP contribution is 2.33. The molecule has 26 heavy (non-hydrogen) atoms. The maximum Gasteiger partial charge on any atom is 0.119 e. The minimum atomic E-state index is -0.0837. The van der Waals surface area contributed by atoms with Crippen LogP contribution in [0.5, 0.6) is 11.5 Å². The van der Waals surface area contributed by atoms with Gasteiger partial charge in [-0.05, 0) is 42.3 Å². The Labute approximate surface area is 156 Å². The lowest BCUT2D eigenvalue weighted by Gasteiger charge is -2.27. The quantitative estimate of drug-likeness (QED) is 0.820. The molecular weight excluding hydrogens is 326 g/mol. The monoisotopic (exact) mass is 355 g/mol. The van der Waals surface area contributed by atoms with Crippen LogP contribution >= 0.6 is 0 Å². The van der Waals surface area contributed by atoms with Crippen LogP contribution in [0.4, 0.5) is 0 Å². The molecule has 1 aliphatic heterocycles. The topological polar surface area (TPSA) is 39.7 Å². The largest absolute Gasteiger partial charge is 0.494 e. The fourth-order valence-electron chi connectivity index (χ4n) is 3.18. The van der Waals surface area contributed by atoms with Crippen LogP contribution in [0.1, 0.15) is 31.9 Å². The lowest BCUT2D eigenvalue weighted by atomic mass is 9.78. The van der Waals surface area contributed by atoms with Crippen molar-refractivity contribution in [1.82, 2.24) is 5.32 Å². The molecule has 2 aromatic carbocycles. The lowest BCUT2D eigenvalue weighted by molar-refractivity contribution is 0.000190. The van der Waals surface area contributed by atoms with Crippen LogP contribution in [-0.2, 0) is 10.2 Å². The van der Waals surface area contributed by atoms with Crippen LogP contribution in [0.15, 0.2) is 48.5 Å². The molecule has 0 amide bonds. The SMILES string of the molecule is CCOc1ccc(C(C)(C)c2ccc(OC[C@@H]3CNCCO3)cc2)cc1. The first kappa shape index (κ1) is 18.7. The van der Waals surface area contributed by atoms with Gasteiger partial charge < -0.3 is 19.5 Å². The summed E-state index contributed by atoms with van der Waals surface area (Å²) in [4.78, 5) is 0. The lowest BCUT2D eigenvalue weighted by Crippen LogP contribution is -2.41. The van der Waals surface area contributed by atoms with E-state index in [0.29, 0.717) is 13.2 Å². The third kappa shape index (κ3) is 4.57. The molecule has 0 aromatic heterocycles. The Morgan fingerprint density at radius 1 is 0.962 bits per heavy atom. The highest BCUT2D eigenvalue weighted by atomic mass is 16.5. The second-order valence-corrected chi connectivity index (χ2v) is 7.11. The summed E-state index contributed by atoms with van der Waals surface area (Å²) in [6.07, 6.45) is 0.128. The number of nitrogens with one attached hydrogen (secondary N) is 1. The fourth-order valence-corrected chi connectivity index (χ4v) is 3.18. The van der Waals surface area contributed by atoms with Crippen molar-refractivity contribution in [3.63, 3.8) is 0 Å². The van der Waals surface area contributed by atoms with Crippen LogP contribution in [0.3, 0.4) is 0 Å². The Hall–Kier alpha value is -2.04. The molecule has 0 bridgehead atoms. The summed E-state index contributed by atoms with van der Waals surface area (Å²) in [5, 5.41) is 3.32. The molecule has 1 aliphatic rings. The number of hydrogen-bond acceptors (Lipinski definition) is 4. The molecule has 0 spiro atoms. The molecule has 1 fully saturated rings. The zero-order valence-corrected chi connectivity index (χ0v) is 16.0. The minimum Gasteiger partial charge on any atom is -0.494 e. The number of rotatable bonds is 7. The highest BCUT2D eigenvalue weighted by molar-refractivity contribution is 5.41. The molecule has 0 radical (unpaired) electrons. The van der Waals surface area contributed by atoms with Gasteiger partial charge in [-0.15, -0.1) is 0 Å². The van der Waals surface area contributed by atoms with Gasteiger partial charge in [0.1, 0.15) is 24.2 Å². The third-order valence-corrected chi connectivity index (χ3v) is 4.90. The van der Waals surface area contributed by atoms with Gasteiger partial charge in [0.05, 0.1) is 13.2 Å². The van der Waals surface area contributed by atoms with Crippen LogP contribution in [0.25, 0.3) is 0 Å². The summed E-state index contributed by atoms with van der Waals surface area (Å²) in [6, 6.07) is 16.7. The van der Waals surface area contributed by atoms with E-state index in [9.17, 15) is 0 Å².